The molecule has 1 unspecified atom stereocenters. The first-order valence-electron chi connectivity index (χ1n) is 11.7. The van der Waals surface area contributed by atoms with Crippen LogP contribution in [0.25, 0.3) is 0 Å². The summed E-state index contributed by atoms with van der Waals surface area (Å²) in [6.07, 6.45) is -2.06. The number of rotatable bonds is 4. The van der Waals surface area contributed by atoms with Crippen LogP contribution in [0.1, 0.15) is 59.6 Å². The zero-order chi connectivity index (χ0) is 25.3. The SMILES string of the molecule is CC(C)[C@]1(C(=O)N2CCN(c3nccc(C(F)(F)F)n3)CC2)CCC(NC(=O)OC(C)(C)C)C1. The van der Waals surface area contributed by atoms with Gasteiger partial charge in [-0.05, 0) is 52.0 Å². The maximum atomic E-state index is 13.6. The average molecular weight is 486 g/mol. The van der Waals surface area contributed by atoms with Crippen LogP contribution in [-0.2, 0) is 15.7 Å². The first-order valence-corrected chi connectivity index (χ1v) is 11.7. The highest BCUT2D eigenvalue weighted by Crippen LogP contribution is 2.46. The lowest BCUT2D eigenvalue weighted by atomic mass is 9.74. The Balaban J connectivity index is 1.63. The minimum atomic E-state index is -4.54. The Bertz CT molecular complexity index is 895. The van der Waals surface area contributed by atoms with E-state index in [4.69, 9.17) is 4.74 Å². The van der Waals surface area contributed by atoms with Gasteiger partial charge in [0.1, 0.15) is 11.3 Å². The van der Waals surface area contributed by atoms with E-state index in [1.807, 2.05) is 13.8 Å². The highest BCUT2D eigenvalue weighted by atomic mass is 19.4. The fourth-order valence-electron chi connectivity index (χ4n) is 4.72. The molecule has 1 aliphatic heterocycles. The van der Waals surface area contributed by atoms with Gasteiger partial charge in [-0.15, -0.1) is 0 Å². The van der Waals surface area contributed by atoms with Crippen molar-refractivity contribution in [2.75, 3.05) is 31.1 Å². The second kappa shape index (κ2) is 9.58. The standard InChI is InChI=1S/C23H34F3N5O3/c1-15(2)22(8-6-16(14-22)28-20(33)34-21(3,4)5)18(32)30-10-12-31(13-11-30)19-27-9-7-17(29-19)23(24,25)26/h7,9,15-16H,6,8,10-14H2,1-5H3,(H,28,33)/t16?,22-/m0/s1. The zero-order valence-corrected chi connectivity index (χ0v) is 20.4. The van der Waals surface area contributed by atoms with E-state index in [-0.39, 0.29) is 23.8 Å². The number of hydrogen-bond donors (Lipinski definition) is 1. The summed E-state index contributed by atoms with van der Waals surface area (Å²) in [5.74, 6) is 0.110. The number of nitrogens with one attached hydrogen (secondary N) is 1. The first kappa shape index (κ1) is 26.0. The van der Waals surface area contributed by atoms with E-state index in [2.05, 4.69) is 15.3 Å². The van der Waals surface area contributed by atoms with Gasteiger partial charge in [0, 0.05) is 38.4 Å². The molecule has 3 rings (SSSR count). The predicted octanol–water partition coefficient (Wildman–Crippen LogP) is 3.86. The van der Waals surface area contributed by atoms with Gasteiger partial charge in [0.15, 0.2) is 0 Å². The summed E-state index contributed by atoms with van der Waals surface area (Å²) < 4.78 is 44.3. The molecule has 11 heteroatoms. The minimum absolute atomic E-state index is 0.0167. The third kappa shape index (κ3) is 5.90. The van der Waals surface area contributed by atoms with Gasteiger partial charge in [-0.2, -0.15) is 13.2 Å². The Hall–Kier alpha value is -2.59. The quantitative estimate of drug-likeness (QED) is 0.697. The van der Waals surface area contributed by atoms with Crippen LogP contribution < -0.4 is 10.2 Å². The van der Waals surface area contributed by atoms with Crippen molar-refractivity contribution < 1.29 is 27.5 Å². The largest absolute Gasteiger partial charge is 0.444 e. The summed E-state index contributed by atoms with van der Waals surface area (Å²) in [5, 5.41) is 2.90. The summed E-state index contributed by atoms with van der Waals surface area (Å²) in [6, 6.07) is 0.693. The van der Waals surface area contributed by atoms with Crippen LogP contribution in [0, 0.1) is 11.3 Å². The second-order valence-electron chi connectivity index (χ2n) is 10.4. The molecular weight excluding hydrogens is 451 g/mol. The number of carbonyl (C=O) groups excluding carboxylic acids is 2. The Labute approximate surface area is 198 Å². The van der Waals surface area contributed by atoms with Crippen molar-refractivity contribution in [2.24, 2.45) is 11.3 Å². The molecule has 0 radical (unpaired) electrons. The maximum absolute atomic E-state index is 13.6. The van der Waals surface area contributed by atoms with Crippen molar-refractivity contribution in [3.63, 3.8) is 0 Å². The van der Waals surface area contributed by atoms with Crippen molar-refractivity contribution in [1.29, 1.82) is 0 Å². The van der Waals surface area contributed by atoms with Gasteiger partial charge in [-0.25, -0.2) is 14.8 Å². The molecule has 1 aromatic heterocycles. The molecule has 2 amide bonds. The molecule has 2 fully saturated rings. The number of ether oxygens (including phenoxy) is 1. The average Bonchev–Trinajstić information content (AvgIpc) is 3.16. The number of carbonyl (C=O) groups is 2. The van der Waals surface area contributed by atoms with Gasteiger partial charge in [0.2, 0.25) is 11.9 Å². The normalized spacial score (nSPS) is 23.9. The van der Waals surface area contributed by atoms with Crippen molar-refractivity contribution in [3.05, 3.63) is 18.0 Å². The van der Waals surface area contributed by atoms with Crippen molar-refractivity contribution in [1.82, 2.24) is 20.2 Å². The molecule has 1 N–H and O–H groups in total. The molecule has 2 atom stereocenters. The third-order valence-corrected chi connectivity index (χ3v) is 6.58. The van der Waals surface area contributed by atoms with Crippen LogP contribution >= 0.6 is 0 Å². The first-order chi connectivity index (χ1) is 15.7. The summed E-state index contributed by atoms with van der Waals surface area (Å²) in [5.41, 5.74) is -2.19. The molecule has 34 heavy (non-hydrogen) atoms. The van der Waals surface area contributed by atoms with Crippen LogP contribution in [0.5, 0.6) is 0 Å². The van der Waals surface area contributed by atoms with Gasteiger partial charge in [0.25, 0.3) is 0 Å². The Kier molecular flexibility index (Phi) is 7.33. The van der Waals surface area contributed by atoms with Gasteiger partial charge >= 0.3 is 12.3 Å². The van der Waals surface area contributed by atoms with E-state index in [1.165, 1.54) is 0 Å². The molecule has 0 bridgehead atoms. The lowest BCUT2D eigenvalue weighted by molar-refractivity contribution is -0.145. The topological polar surface area (TPSA) is 87.7 Å². The maximum Gasteiger partial charge on any atom is 0.433 e. The molecule has 0 aromatic carbocycles. The van der Waals surface area contributed by atoms with E-state index < -0.39 is 29.0 Å². The van der Waals surface area contributed by atoms with Crippen molar-refractivity contribution in [3.8, 4) is 0 Å². The summed E-state index contributed by atoms with van der Waals surface area (Å²) in [6.45, 7) is 10.9. The molecule has 2 heterocycles. The zero-order valence-electron chi connectivity index (χ0n) is 20.4. The summed E-state index contributed by atoms with van der Waals surface area (Å²) in [7, 11) is 0. The molecule has 2 aliphatic rings. The Morgan fingerprint density at radius 2 is 1.82 bits per heavy atom. The van der Waals surface area contributed by atoms with E-state index in [0.717, 1.165) is 12.3 Å². The number of halogens is 3. The van der Waals surface area contributed by atoms with E-state index in [9.17, 15) is 22.8 Å². The molecule has 8 nitrogen and oxygen atoms in total. The summed E-state index contributed by atoms with van der Waals surface area (Å²) in [4.78, 5) is 36.9. The number of anilines is 1. The summed E-state index contributed by atoms with van der Waals surface area (Å²) >= 11 is 0. The molecule has 1 saturated heterocycles. The molecule has 0 spiro atoms. The van der Waals surface area contributed by atoms with E-state index in [0.29, 0.717) is 45.4 Å². The highest BCUT2D eigenvalue weighted by Gasteiger charge is 2.50. The smallest absolute Gasteiger partial charge is 0.433 e. The number of aromatic nitrogens is 2. The highest BCUT2D eigenvalue weighted by molar-refractivity contribution is 5.84. The number of amides is 2. The second-order valence-corrected chi connectivity index (χ2v) is 10.4. The Morgan fingerprint density at radius 3 is 2.38 bits per heavy atom. The lowest BCUT2D eigenvalue weighted by Crippen LogP contribution is -2.54. The van der Waals surface area contributed by atoms with Gasteiger partial charge in [0.05, 0.1) is 5.41 Å². The number of nitrogens with zero attached hydrogens (tertiary/aromatic N) is 4. The minimum Gasteiger partial charge on any atom is -0.444 e. The monoisotopic (exact) mass is 485 g/mol. The van der Waals surface area contributed by atoms with Gasteiger partial charge < -0.3 is 19.9 Å². The van der Waals surface area contributed by atoms with Crippen LogP contribution in [-0.4, -0.2) is 64.7 Å². The third-order valence-electron chi connectivity index (χ3n) is 6.58. The molecule has 1 aromatic rings. The fraction of sp³-hybridized carbons (Fsp3) is 0.739. The van der Waals surface area contributed by atoms with Crippen molar-refractivity contribution in [2.45, 2.75) is 71.7 Å². The van der Waals surface area contributed by atoms with Crippen molar-refractivity contribution >= 4 is 17.9 Å². The van der Waals surface area contributed by atoms with E-state index >= 15 is 0 Å². The predicted molar refractivity (Wildman–Crippen MR) is 120 cm³/mol. The molecule has 190 valence electrons. The number of hydrogen-bond acceptors (Lipinski definition) is 6. The van der Waals surface area contributed by atoms with Gasteiger partial charge in [-0.1, -0.05) is 13.8 Å². The van der Waals surface area contributed by atoms with Crippen LogP contribution in [0.15, 0.2) is 12.3 Å². The molecule has 1 aliphatic carbocycles. The number of alkyl carbamates (subject to hydrolysis) is 1. The fourth-order valence-corrected chi connectivity index (χ4v) is 4.72. The number of piperazine rings is 1. The number of alkyl halides is 3. The van der Waals surface area contributed by atoms with Crippen LogP contribution in [0.4, 0.5) is 23.9 Å². The lowest BCUT2D eigenvalue weighted by Gasteiger charge is -2.41. The Morgan fingerprint density at radius 1 is 1.18 bits per heavy atom. The van der Waals surface area contributed by atoms with Crippen LogP contribution in [0.3, 0.4) is 0 Å². The molecular formula is C23H34F3N5O3. The van der Waals surface area contributed by atoms with Crippen LogP contribution in [0.2, 0.25) is 0 Å². The molecule has 1 saturated carbocycles. The van der Waals surface area contributed by atoms with E-state index in [1.54, 1.807) is 30.6 Å². The van der Waals surface area contributed by atoms with Gasteiger partial charge in [-0.3, -0.25) is 4.79 Å².